The van der Waals surface area contributed by atoms with E-state index in [1.807, 2.05) is 18.2 Å². The van der Waals surface area contributed by atoms with Crippen LogP contribution in [0.5, 0.6) is 5.88 Å². The van der Waals surface area contributed by atoms with E-state index >= 15 is 0 Å². The Morgan fingerprint density at radius 3 is 2.68 bits per heavy atom. The summed E-state index contributed by atoms with van der Waals surface area (Å²) in [6.07, 6.45) is 6.76. The molecule has 1 saturated carbocycles. The minimum absolute atomic E-state index is 0.471. The van der Waals surface area contributed by atoms with E-state index in [0.29, 0.717) is 11.3 Å². The largest absolute Gasteiger partial charge is 0.481 e. The normalized spacial score (nSPS) is 17.7. The van der Waals surface area contributed by atoms with Gasteiger partial charge in [0.2, 0.25) is 5.88 Å². The lowest BCUT2D eigenvalue weighted by atomic mass is 9.78. The van der Waals surface area contributed by atoms with E-state index in [1.54, 1.807) is 7.11 Å². The Morgan fingerprint density at radius 1 is 1.32 bits per heavy atom. The molecule has 0 radical (unpaired) electrons. The number of anilines is 1. The van der Waals surface area contributed by atoms with Crippen molar-refractivity contribution in [2.75, 3.05) is 19.0 Å². The highest BCUT2D eigenvalue weighted by Gasteiger charge is 2.34. The monoisotopic (exact) mass is 262 g/mol. The number of hydrogen-bond donors (Lipinski definition) is 1. The minimum atomic E-state index is 0.471. The molecule has 0 unspecified atom stereocenters. The van der Waals surface area contributed by atoms with Crippen molar-refractivity contribution in [3.05, 3.63) is 18.2 Å². The molecule has 19 heavy (non-hydrogen) atoms. The molecule has 1 aromatic rings. The molecular formula is C16H26N2O. The second kappa shape index (κ2) is 6.27. The number of nitrogens with one attached hydrogen (secondary N) is 1. The Kier molecular flexibility index (Phi) is 4.67. The van der Waals surface area contributed by atoms with Crippen LogP contribution in [0, 0.1) is 11.3 Å². The van der Waals surface area contributed by atoms with Crippen molar-refractivity contribution < 1.29 is 4.74 Å². The fourth-order valence-corrected chi connectivity index (χ4v) is 3.35. The first-order valence-electron chi connectivity index (χ1n) is 7.38. The number of rotatable bonds is 6. The number of methoxy groups -OCH3 is 1. The Balaban J connectivity index is 1.98. The molecule has 106 valence electrons. The van der Waals surface area contributed by atoms with Gasteiger partial charge >= 0.3 is 0 Å². The van der Waals surface area contributed by atoms with Crippen LogP contribution in [0.4, 0.5) is 5.82 Å². The Bertz CT molecular complexity index is 397. The van der Waals surface area contributed by atoms with Crippen molar-refractivity contribution in [1.82, 2.24) is 4.98 Å². The highest BCUT2D eigenvalue weighted by atomic mass is 16.5. The quantitative estimate of drug-likeness (QED) is 0.837. The average Bonchev–Trinajstić information content (AvgIpc) is 2.85. The topological polar surface area (TPSA) is 34.1 Å². The maximum absolute atomic E-state index is 5.17. The third-order valence-corrected chi connectivity index (χ3v) is 4.08. The second-order valence-corrected chi connectivity index (χ2v) is 6.22. The highest BCUT2D eigenvalue weighted by Crippen LogP contribution is 2.43. The molecule has 1 aromatic heterocycles. The summed E-state index contributed by atoms with van der Waals surface area (Å²) in [7, 11) is 1.66. The Labute approximate surface area is 116 Å². The van der Waals surface area contributed by atoms with E-state index in [0.717, 1.165) is 18.3 Å². The lowest BCUT2D eigenvalue weighted by molar-refractivity contribution is 0.252. The summed E-state index contributed by atoms with van der Waals surface area (Å²) in [5, 5.41) is 3.52. The first-order chi connectivity index (χ1) is 9.13. The van der Waals surface area contributed by atoms with Crippen LogP contribution in [0.3, 0.4) is 0 Å². The summed E-state index contributed by atoms with van der Waals surface area (Å²) in [6, 6.07) is 5.88. The van der Waals surface area contributed by atoms with Crippen LogP contribution in [-0.4, -0.2) is 18.6 Å². The molecule has 3 heteroatoms. The summed E-state index contributed by atoms with van der Waals surface area (Å²) in [5.41, 5.74) is 0.471. The third kappa shape index (κ3) is 3.85. The van der Waals surface area contributed by atoms with Crippen molar-refractivity contribution in [1.29, 1.82) is 0 Å². The molecule has 1 N–H and O–H groups in total. The van der Waals surface area contributed by atoms with Gasteiger partial charge < -0.3 is 10.1 Å². The Morgan fingerprint density at radius 2 is 2.05 bits per heavy atom. The number of ether oxygens (including phenoxy) is 1. The number of nitrogens with zero attached hydrogens (tertiary/aromatic N) is 1. The zero-order chi connectivity index (χ0) is 13.7. The number of pyridine rings is 1. The second-order valence-electron chi connectivity index (χ2n) is 6.22. The SMILES string of the molecule is COc1cccc(NCC2(CC(C)C)CCCC2)n1. The average molecular weight is 262 g/mol. The molecule has 0 bridgehead atoms. The molecule has 1 fully saturated rings. The van der Waals surface area contributed by atoms with Crippen LogP contribution in [0.25, 0.3) is 0 Å². The fraction of sp³-hybridized carbons (Fsp3) is 0.688. The number of aromatic nitrogens is 1. The minimum Gasteiger partial charge on any atom is -0.481 e. The predicted octanol–water partition coefficient (Wildman–Crippen LogP) is 4.11. The van der Waals surface area contributed by atoms with Crippen LogP contribution in [0.15, 0.2) is 18.2 Å². The van der Waals surface area contributed by atoms with Gasteiger partial charge in [-0.15, -0.1) is 0 Å². The molecule has 0 saturated heterocycles. The van der Waals surface area contributed by atoms with Crippen LogP contribution in [-0.2, 0) is 0 Å². The molecule has 0 aliphatic heterocycles. The van der Waals surface area contributed by atoms with Crippen molar-refractivity contribution in [3.63, 3.8) is 0 Å². The van der Waals surface area contributed by atoms with Gasteiger partial charge in [0.25, 0.3) is 0 Å². The maximum Gasteiger partial charge on any atom is 0.214 e. The van der Waals surface area contributed by atoms with E-state index in [-0.39, 0.29) is 0 Å². The van der Waals surface area contributed by atoms with Crippen LogP contribution >= 0.6 is 0 Å². The van der Waals surface area contributed by atoms with Gasteiger partial charge in [0.1, 0.15) is 5.82 Å². The van der Waals surface area contributed by atoms with Crippen LogP contribution < -0.4 is 10.1 Å². The number of hydrogen-bond acceptors (Lipinski definition) is 3. The lowest BCUT2D eigenvalue weighted by Crippen LogP contribution is -2.28. The molecule has 1 heterocycles. The maximum atomic E-state index is 5.17. The predicted molar refractivity (Wildman–Crippen MR) is 79.6 cm³/mol. The zero-order valence-corrected chi connectivity index (χ0v) is 12.4. The summed E-state index contributed by atoms with van der Waals surface area (Å²) < 4.78 is 5.17. The van der Waals surface area contributed by atoms with E-state index in [1.165, 1.54) is 32.1 Å². The van der Waals surface area contributed by atoms with Crippen molar-refractivity contribution in [2.45, 2.75) is 46.0 Å². The molecule has 1 aliphatic rings. The zero-order valence-electron chi connectivity index (χ0n) is 12.4. The molecule has 2 rings (SSSR count). The molecule has 0 amide bonds. The first-order valence-corrected chi connectivity index (χ1v) is 7.38. The van der Waals surface area contributed by atoms with Gasteiger partial charge in [-0.05, 0) is 36.7 Å². The van der Waals surface area contributed by atoms with E-state index < -0.39 is 0 Å². The summed E-state index contributed by atoms with van der Waals surface area (Å²) in [6.45, 7) is 5.68. The summed E-state index contributed by atoms with van der Waals surface area (Å²) in [4.78, 5) is 4.43. The van der Waals surface area contributed by atoms with Crippen LogP contribution in [0.1, 0.15) is 46.0 Å². The summed E-state index contributed by atoms with van der Waals surface area (Å²) >= 11 is 0. The molecule has 0 atom stereocenters. The van der Waals surface area contributed by atoms with E-state index in [4.69, 9.17) is 4.74 Å². The molecule has 0 spiro atoms. The first kappa shape index (κ1) is 14.2. The van der Waals surface area contributed by atoms with Crippen LogP contribution in [0.2, 0.25) is 0 Å². The smallest absolute Gasteiger partial charge is 0.214 e. The van der Waals surface area contributed by atoms with Gasteiger partial charge in [0.05, 0.1) is 7.11 Å². The molecular weight excluding hydrogens is 236 g/mol. The van der Waals surface area contributed by atoms with Gasteiger partial charge in [0, 0.05) is 12.6 Å². The highest BCUT2D eigenvalue weighted by molar-refractivity contribution is 5.37. The van der Waals surface area contributed by atoms with Gasteiger partial charge in [-0.2, -0.15) is 4.98 Å². The lowest BCUT2D eigenvalue weighted by Gasteiger charge is -2.31. The fourth-order valence-electron chi connectivity index (χ4n) is 3.35. The van der Waals surface area contributed by atoms with Gasteiger partial charge in [0.15, 0.2) is 0 Å². The van der Waals surface area contributed by atoms with Crippen molar-refractivity contribution in [2.24, 2.45) is 11.3 Å². The van der Waals surface area contributed by atoms with Gasteiger partial charge in [-0.25, -0.2) is 0 Å². The molecule has 3 nitrogen and oxygen atoms in total. The summed E-state index contributed by atoms with van der Waals surface area (Å²) in [5.74, 6) is 2.36. The third-order valence-electron chi connectivity index (χ3n) is 4.08. The standard InChI is InChI=1S/C16H26N2O/c1-13(2)11-16(9-4-5-10-16)12-17-14-7-6-8-15(18-14)19-3/h6-8,13H,4-5,9-12H2,1-3H3,(H,17,18). The van der Waals surface area contributed by atoms with E-state index in [2.05, 4.69) is 24.1 Å². The van der Waals surface area contributed by atoms with Crippen molar-refractivity contribution >= 4 is 5.82 Å². The van der Waals surface area contributed by atoms with Gasteiger partial charge in [-0.3, -0.25) is 0 Å². The Hall–Kier alpha value is -1.25. The molecule has 1 aliphatic carbocycles. The molecule has 0 aromatic carbocycles. The van der Waals surface area contributed by atoms with E-state index in [9.17, 15) is 0 Å². The van der Waals surface area contributed by atoms with Gasteiger partial charge in [-0.1, -0.05) is 32.8 Å². The van der Waals surface area contributed by atoms with Crippen molar-refractivity contribution in [3.8, 4) is 5.88 Å².